The number of aryl methyl sites for hydroxylation is 2. The molecule has 1 aliphatic rings. The van der Waals surface area contributed by atoms with E-state index in [0.717, 1.165) is 76.2 Å². The average molecular weight is 415 g/mol. The van der Waals surface area contributed by atoms with Gasteiger partial charge in [-0.3, -0.25) is 4.99 Å². The van der Waals surface area contributed by atoms with Crippen molar-refractivity contribution >= 4 is 5.96 Å². The van der Waals surface area contributed by atoms with Crippen molar-refractivity contribution in [2.45, 2.75) is 39.7 Å². The Balaban J connectivity index is 1.55. The Morgan fingerprint density at radius 2 is 2.20 bits per heavy atom. The molecule has 2 N–H and O–H groups in total. The van der Waals surface area contributed by atoms with Gasteiger partial charge in [-0.15, -0.1) is 10.2 Å². The molecule has 0 saturated carbocycles. The van der Waals surface area contributed by atoms with Gasteiger partial charge in [-0.25, -0.2) is 0 Å². The van der Waals surface area contributed by atoms with Crippen molar-refractivity contribution in [3.63, 3.8) is 0 Å². The summed E-state index contributed by atoms with van der Waals surface area (Å²) in [5.74, 6) is 3.26. The van der Waals surface area contributed by atoms with E-state index >= 15 is 0 Å². The van der Waals surface area contributed by atoms with Gasteiger partial charge in [0, 0.05) is 45.1 Å². The molecule has 0 spiro atoms. The average Bonchev–Trinajstić information content (AvgIpc) is 3.43. The number of benzene rings is 1. The Hall–Kier alpha value is -2.61. The first-order valence-electron chi connectivity index (χ1n) is 10.8. The summed E-state index contributed by atoms with van der Waals surface area (Å²) in [6, 6.07) is 6.28. The van der Waals surface area contributed by atoms with Gasteiger partial charge in [0.05, 0.1) is 13.7 Å². The monoisotopic (exact) mass is 414 g/mol. The minimum Gasteiger partial charge on any atom is -0.496 e. The molecular formula is C22H34N6O2. The molecule has 164 valence electrons. The molecule has 1 saturated heterocycles. The lowest BCUT2D eigenvalue weighted by molar-refractivity contribution is 0.187. The maximum atomic E-state index is 5.50. The third kappa shape index (κ3) is 6.45. The molecule has 8 nitrogen and oxygen atoms in total. The molecule has 1 aliphatic heterocycles. The molecule has 0 aliphatic carbocycles. The Bertz CT molecular complexity index is 814. The predicted octanol–water partition coefficient (Wildman–Crippen LogP) is 1.97. The molecule has 1 unspecified atom stereocenters. The van der Waals surface area contributed by atoms with Crippen LogP contribution in [0.4, 0.5) is 0 Å². The fraction of sp³-hybridized carbons (Fsp3) is 0.591. The molecule has 2 aromatic rings. The summed E-state index contributed by atoms with van der Waals surface area (Å²) in [4.78, 5) is 4.80. The molecule has 1 aromatic heterocycles. The third-order valence-electron chi connectivity index (χ3n) is 5.31. The number of ether oxygens (including phenoxy) is 2. The van der Waals surface area contributed by atoms with Crippen molar-refractivity contribution in [3.05, 3.63) is 41.5 Å². The molecule has 2 heterocycles. The fourth-order valence-electron chi connectivity index (χ4n) is 3.57. The summed E-state index contributed by atoms with van der Waals surface area (Å²) in [6.45, 7) is 8.95. The molecule has 8 heteroatoms. The summed E-state index contributed by atoms with van der Waals surface area (Å²) in [7, 11) is 1.72. The van der Waals surface area contributed by atoms with E-state index in [9.17, 15) is 0 Å². The molecule has 3 rings (SSSR count). The smallest absolute Gasteiger partial charge is 0.191 e. The van der Waals surface area contributed by atoms with Crippen molar-refractivity contribution in [3.8, 4) is 5.75 Å². The predicted molar refractivity (Wildman–Crippen MR) is 118 cm³/mol. The van der Waals surface area contributed by atoms with Gasteiger partial charge >= 0.3 is 0 Å². The summed E-state index contributed by atoms with van der Waals surface area (Å²) < 4.78 is 13.1. The number of rotatable bonds is 10. The molecule has 1 fully saturated rings. The number of hydrogen-bond donors (Lipinski definition) is 2. The first-order chi connectivity index (χ1) is 14.7. The highest BCUT2D eigenvalue weighted by molar-refractivity contribution is 5.79. The molecule has 0 bridgehead atoms. The molecule has 1 atom stereocenters. The normalized spacial score (nSPS) is 16.6. The third-order valence-corrected chi connectivity index (χ3v) is 5.31. The topological polar surface area (TPSA) is 85.6 Å². The fourth-order valence-corrected chi connectivity index (χ4v) is 3.57. The second kappa shape index (κ2) is 11.5. The Morgan fingerprint density at radius 1 is 1.33 bits per heavy atom. The second-order valence-corrected chi connectivity index (χ2v) is 7.63. The van der Waals surface area contributed by atoms with Gasteiger partial charge < -0.3 is 24.7 Å². The Morgan fingerprint density at radius 3 is 2.97 bits per heavy atom. The number of aliphatic imine (C=N–C) groups is 1. The van der Waals surface area contributed by atoms with Crippen molar-refractivity contribution in [1.82, 2.24) is 25.4 Å². The summed E-state index contributed by atoms with van der Waals surface area (Å²) >= 11 is 0. The van der Waals surface area contributed by atoms with Crippen LogP contribution in [-0.4, -0.2) is 60.7 Å². The lowest BCUT2D eigenvalue weighted by Crippen LogP contribution is -2.40. The van der Waals surface area contributed by atoms with Gasteiger partial charge in [0.25, 0.3) is 0 Å². The highest BCUT2D eigenvalue weighted by Gasteiger charge is 2.15. The molecule has 0 amide bonds. The van der Waals surface area contributed by atoms with Crippen LogP contribution in [0.25, 0.3) is 0 Å². The quantitative estimate of drug-likeness (QED) is 0.457. The van der Waals surface area contributed by atoms with Gasteiger partial charge in [-0.2, -0.15) is 0 Å². The van der Waals surface area contributed by atoms with Crippen LogP contribution in [0.1, 0.15) is 30.3 Å². The summed E-state index contributed by atoms with van der Waals surface area (Å²) in [6.07, 6.45) is 4.60. The van der Waals surface area contributed by atoms with Crippen LogP contribution in [-0.2, 0) is 24.1 Å². The van der Waals surface area contributed by atoms with Gasteiger partial charge in [0.1, 0.15) is 17.9 Å². The molecule has 1 aromatic carbocycles. The maximum Gasteiger partial charge on any atom is 0.191 e. The van der Waals surface area contributed by atoms with Crippen molar-refractivity contribution < 1.29 is 9.47 Å². The van der Waals surface area contributed by atoms with Gasteiger partial charge in [0.15, 0.2) is 5.96 Å². The number of hydrogen-bond acceptors (Lipinski definition) is 5. The number of methoxy groups -OCH3 is 1. The first-order valence-corrected chi connectivity index (χ1v) is 10.8. The van der Waals surface area contributed by atoms with Crippen LogP contribution >= 0.6 is 0 Å². The summed E-state index contributed by atoms with van der Waals surface area (Å²) in [5, 5.41) is 15.1. The first kappa shape index (κ1) is 22.1. The maximum absolute atomic E-state index is 5.50. The molecular weight excluding hydrogens is 380 g/mol. The van der Waals surface area contributed by atoms with E-state index in [1.165, 1.54) is 11.1 Å². The lowest BCUT2D eigenvalue weighted by atomic mass is 10.1. The molecule has 30 heavy (non-hydrogen) atoms. The highest BCUT2D eigenvalue weighted by atomic mass is 16.5. The van der Waals surface area contributed by atoms with Crippen molar-refractivity contribution in [2.24, 2.45) is 10.9 Å². The van der Waals surface area contributed by atoms with E-state index in [2.05, 4.69) is 51.4 Å². The van der Waals surface area contributed by atoms with Crippen LogP contribution in [0.15, 0.2) is 29.5 Å². The number of nitrogens with zero attached hydrogens (tertiary/aromatic N) is 4. The van der Waals surface area contributed by atoms with Gasteiger partial charge in [-0.1, -0.05) is 24.6 Å². The van der Waals surface area contributed by atoms with E-state index in [1.54, 1.807) is 13.4 Å². The van der Waals surface area contributed by atoms with Crippen LogP contribution in [0.2, 0.25) is 0 Å². The number of guanidine groups is 1. The zero-order valence-electron chi connectivity index (χ0n) is 18.4. The Labute approximate surface area is 179 Å². The van der Waals surface area contributed by atoms with Crippen LogP contribution in [0, 0.1) is 12.8 Å². The SMILES string of the molecule is CCc1nncn1CCNC(=NCC1CCOC1)NCCc1cc(C)ccc1OC. The van der Waals surface area contributed by atoms with Crippen LogP contribution < -0.4 is 15.4 Å². The van der Waals surface area contributed by atoms with Gasteiger partial charge in [-0.05, 0) is 31.4 Å². The molecule has 0 radical (unpaired) electrons. The van der Waals surface area contributed by atoms with E-state index in [4.69, 9.17) is 14.5 Å². The van der Waals surface area contributed by atoms with Gasteiger partial charge in [0.2, 0.25) is 0 Å². The van der Waals surface area contributed by atoms with E-state index in [0.29, 0.717) is 5.92 Å². The zero-order valence-corrected chi connectivity index (χ0v) is 18.4. The Kier molecular flexibility index (Phi) is 8.50. The lowest BCUT2D eigenvalue weighted by Gasteiger charge is -2.15. The zero-order chi connectivity index (χ0) is 21.2. The number of nitrogens with one attached hydrogen (secondary N) is 2. The summed E-state index contributed by atoms with van der Waals surface area (Å²) in [5.41, 5.74) is 2.44. The van der Waals surface area contributed by atoms with E-state index in [-0.39, 0.29) is 0 Å². The largest absolute Gasteiger partial charge is 0.496 e. The minimum atomic E-state index is 0.505. The minimum absolute atomic E-state index is 0.505. The van der Waals surface area contributed by atoms with E-state index in [1.807, 2.05) is 6.07 Å². The second-order valence-electron chi connectivity index (χ2n) is 7.63. The van der Waals surface area contributed by atoms with Crippen LogP contribution in [0.3, 0.4) is 0 Å². The highest BCUT2D eigenvalue weighted by Crippen LogP contribution is 2.19. The van der Waals surface area contributed by atoms with Crippen LogP contribution in [0.5, 0.6) is 5.75 Å². The number of aromatic nitrogens is 3. The van der Waals surface area contributed by atoms with Crippen molar-refractivity contribution in [2.75, 3.05) is 40.0 Å². The van der Waals surface area contributed by atoms with E-state index < -0.39 is 0 Å². The standard InChI is InChI=1S/C22H34N6O2/c1-4-21-27-26-16-28(21)11-10-24-22(25-14-18-8-12-30-15-18)23-9-7-19-13-17(2)5-6-20(19)29-3/h5-6,13,16,18H,4,7-12,14-15H2,1-3H3,(H2,23,24,25). The van der Waals surface area contributed by atoms with Crippen molar-refractivity contribution in [1.29, 1.82) is 0 Å².